The smallest absolute Gasteiger partial charge is 0.284 e. The summed E-state index contributed by atoms with van der Waals surface area (Å²) in [6.45, 7) is 5.19. The van der Waals surface area contributed by atoms with Crippen molar-refractivity contribution in [1.29, 1.82) is 0 Å². The third kappa shape index (κ3) is 4.33. The van der Waals surface area contributed by atoms with Gasteiger partial charge in [0.25, 0.3) is 5.97 Å². The summed E-state index contributed by atoms with van der Waals surface area (Å²) < 4.78 is 17.8. The van der Waals surface area contributed by atoms with Crippen LogP contribution < -0.4 is 0 Å². The van der Waals surface area contributed by atoms with E-state index in [9.17, 15) is 4.79 Å². The first-order chi connectivity index (χ1) is 13.6. The summed E-state index contributed by atoms with van der Waals surface area (Å²) in [6, 6.07) is 20.0. The van der Waals surface area contributed by atoms with Crippen LogP contribution in [0.25, 0.3) is 0 Å². The number of hydrogen-bond donors (Lipinski definition) is 0. The summed E-state index contributed by atoms with van der Waals surface area (Å²) in [5.74, 6) is -1.12. The average molecular weight is 381 g/mol. The highest BCUT2D eigenvalue weighted by atomic mass is 16.9. The van der Waals surface area contributed by atoms with E-state index in [1.165, 1.54) is 0 Å². The molecular weight excluding hydrogens is 354 g/mol. The standard InChI is InChI=1S/C23H27NO4/c1-22-16-26-23(27-17-22,28-18-22)12-21(15-25)24(13-19-8-4-2-5-9-19)14-20-10-6-3-7-11-20/h2-11,15,21H,12-14,16-18H2,1H3/t21-,22?,23?/m0/s1. The minimum atomic E-state index is -1.12. The minimum absolute atomic E-state index is 0.0911. The van der Waals surface area contributed by atoms with Crippen molar-refractivity contribution in [2.24, 2.45) is 5.41 Å². The SMILES string of the molecule is CC12COC(C[C@@H](C=O)N(Cc3ccccc3)Cc3ccccc3)(OC1)OC2. The van der Waals surface area contributed by atoms with Crippen LogP contribution in [0.1, 0.15) is 24.5 Å². The summed E-state index contributed by atoms with van der Waals surface area (Å²) >= 11 is 0. The minimum Gasteiger partial charge on any atom is -0.327 e. The Hall–Kier alpha value is -2.05. The maximum absolute atomic E-state index is 12.1. The molecular formula is C23H27NO4. The van der Waals surface area contributed by atoms with E-state index in [-0.39, 0.29) is 11.5 Å². The van der Waals surface area contributed by atoms with Gasteiger partial charge in [-0.15, -0.1) is 0 Å². The molecule has 2 aromatic carbocycles. The van der Waals surface area contributed by atoms with Crippen LogP contribution in [-0.4, -0.2) is 43.0 Å². The molecule has 3 fully saturated rings. The second kappa shape index (κ2) is 8.13. The third-order valence-electron chi connectivity index (χ3n) is 5.46. The maximum Gasteiger partial charge on any atom is 0.284 e. The van der Waals surface area contributed by atoms with Gasteiger partial charge >= 0.3 is 0 Å². The van der Waals surface area contributed by atoms with Gasteiger partial charge in [0.05, 0.1) is 32.3 Å². The first kappa shape index (κ1) is 19.3. The molecule has 1 atom stereocenters. The lowest BCUT2D eigenvalue weighted by Gasteiger charge is -2.51. The molecule has 0 aliphatic carbocycles. The van der Waals surface area contributed by atoms with Gasteiger partial charge in [-0.3, -0.25) is 4.90 Å². The molecule has 5 heteroatoms. The Kier molecular flexibility index (Phi) is 5.60. The average Bonchev–Trinajstić information content (AvgIpc) is 2.74. The number of fused-ring (bicyclic) bond motifs is 3. The molecule has 0 spiro atoms. The zero-order valence-electron chi connectivity index (χ0n) is 16.3. The molecule has 3 aliphatic rings. The Bertz CT molecular complexity index is 714. The van der Waals surface area contributed by atoms with Crippen LogP contribution in [-0.2, 0) is 32.1 Å². The lowest BCUT2D eigenvalue weighted by atomic mass is 9.91. The molecule has 148 valence electrons. The monoisotopic (exact) mass is 381 g/mol. The maximum atomic E-state index is 12.1. The molecule has 0 unspecified atom stereocenters. The van der Waals surface area contributed by atoms with Gasteiger partial charge in [-0.1, -0.05) is 67.6 Å². The Labute approximate surface area is 166 Å². The fourth-order valence-corrected chi connectivity index (χ4v) is 3.73. The summed E-state index contributed by atoms with van der Waals surface area (Å²) in [7, 11) is 0. The zero-order chi connectivity index (χ0) is 19.5. The van der Waals surface area contributed by atoms with Crippen LogP contribution in [0.3, 0.4) is 0 Å². The molecule has 3 aliphatic heterocycles. The molecule has 2 bridgehead atoms. The van der Waals surface area contributed by atoms with E-state index in [0.717, 1.165) is 17.4 Å². The molecule has 5 rings (SSSR count). The van der Waals surface area contributed by atoms with Gasteiger partial charge in [-0.25, -0.2) is 0 Å². The predicted octanol–water partition coefficient (Wildman–Crippen LogP) is 3.38. The topological polar surface area (TPSA) is 48.0 Å². The molecule has 5 nitrogen and oxygen atoms in total. The highest BCUT2D eigenvalue weighted by Gasteiger charge is 2.51. The Balaban J connectivity index is 1.53. The van der Waals surface area contributed by atoms with Crippen molar-refractivity contribution in [3.8, 4) is 0 Å². The fraction of sp³-hybridized carbons (Fsp3) is 0.435. The summed E-state index contributed by atoms with van der Waals surface area (Å²) in [5.41, 5.74) is 2.22. The van der Waals surface area contributed by atoms with E-state index in [4.69, 9.17) is 14.2 Å². The zero-order valence-corrected chi connectivity index (χ0v) is 16.3. The van der Waals surface area contributed by atoms with Crippen molar-refractivity contribution in [3.05, 3.63) is 71.8 Å². The van der Waals surface area contributed by atoms with Crippen LogP contribution in [0.15, 0.2) is 60.7 Å². The number of nitrogens with zero attached hydrogens (tertiary/aromatic N) is 1. The molecule has 0 amide bonds. The number of benzene rings is 2. The summed E-state index contributed by atoms with van der Waals surface area (Å²) in [5, 5.41) is 0. The van der Waals surface area contributed by atoms with Gasteiger partial charge in [0.1, 0.15) is 6.29 Å². The quantitative estimate of drug-likeness (QED) is 0.656. The normalized spacial score (nSPS) is 27.6. The number of carbonyl (C=O) groups excluding carboxylic acids is 1. The molecule has 28 heavy (non-hydrogen) atoms. The van der Waals surface area contributed by atoms with Gasteiger partial charge in [0, 0.05) is 18.5 Å². The van der Waals surface area contributed by atoms with Gasteiger partial charge in [-0.2, -0.15) is 0 Å². The molecule has 2 aromatic rings. The molecule has 3 saturated heterocycles. The molecule has 0 saturated carbocycles. The lowest BCUT2D eigenvalue weighted by Crippen LogP contribution is -2.60. The number of hydrogen-bond acceptors (Lipinski definition) is 5. The predicted molar refractivity (Wildman–Crippen MR) is 105 cm³/mol. The van der Waals surface area contributed by atoms with Crippen molar-refractivity contribution in [1.82, 2.24) is 4.90 Å². The van der Waals surface area contributed by atoms with E-state index in [1.54, 1.807) is 0 Å². The Morgan fingerprint density at radius 3 is 1.79 bits per heavy atom. The van der Waals surface area contributed by atoms with E-state index < -0.39 is 5.97 Å². The van der Waals surface area contributed by atoms with E-state index >= 15 is 0 Å². The van der Waals surface area contributed by atoms with Gasteiger partial charge < -0.3 is 19.0 Å². The van der Waals surface area contributed by atoms with Crippen molar-refractivity contribution in [3.63, 3.8) is 0 Å². The van der Waals surface area contributed by atoms with Crippen molar-refractivity contribution < 1.29 is 19.0 Å². The van der Waals surface area contributed by atoms with Gasteiger partial charge in [0.15, 0.2) is 0 Å². The molecule has 0 N–H and O–H groups in total. The summed E-state index contributed by atoms with van der Waals surface area (Å²) in [6.07, 6.45) is 1.34. The summed E-state index contributed by atoms with van der Waals surface area (Å²) in [4.78, 5) is 14.3. The van der Waals surface area contributed by atoms with Crippen LogP contribution in [0, 0.1) is 5.41 Å². The fourth-order valence-electron chi connectivity index (χ4n) is 3.73. The highest BCUT2D eigenvalue weighted by molar-refractivity contribution is 5.57. The second-order valence-corrected chi connectivity index (χ2v) is 8.14. The van der Waals surface area contributed by atoms with Gasteiger partial charge in [0.2, 0.25) is 0 Å². The lowest BCUT2D eigenvalue weighted by molar-refractivity contribution is -0.469. The van der Waals surface area contributed by atoms with E-state index in [0.29, 0.717) is 39.3 Å². The number of aldehydes is 1. The molecule has 0 aromatic heterocycles. The van der Waals surface area contributed by atoms with Gasteiger partial charge in [-0.05, 0) is 11.1 Å². The number of rotatable bonds is 8. The first-order valence-electron chi connectivity index (χ1n) is 9.79. The van der Waals surface area contributed by atoms with E-state index in [1.807, 2.05) is 36.4 Å². The Morgan fingerprint density at radius 2 is 1.36 bits per heavy atom. The number of carbonyl (C=O) groups is 1. The van der Waals surface area contributed by atoms with Crippen LogP contribution >= 0.6 is 0 Å². The van der Waals surface area contributed by atoms with Crippen molar-refractivity contribution in [2.75, 3.05) is 19.8 Å². The van der Waals surface area contributed by atoms with Crippen LogP contribution in [0.5, 0.6) is 0 Å². The van der Waals surface area contributed by atoms with Crippen molar-refractivity contribution in [2.45, 2.75) is 38.4 Å². The second-order valence-electron chi connectivity index (χ2n) is 8.14. The highest BCUT2D eigenvalue weighted by Crippen LogP contribution is 2.40. The van der Waals surface area contributed by atoms with Crippen LogP contribution in [0.4, 0.5) is 0 Å². The van der Waals surface area contributed by atoms with Crippen molar-refractivity contribution >= 4 is 6.29 Å². The third-order valence-corrected chi connectivity index (χ3v) is 5.46. The molecule has 0 radical (unpaired) electrons. The molecule has 3 heterocycles. The Morgan fingerprint density at radius 1 is 0.893 bits per heavy atom. The van der Waals surface area contributed by atoms with Crippen LogP contribution in [0.2, 0.25) is 0 Å². The van der Waals surface area contributed by atoms with E-state index in [2.05, 4.69) is 36.1 Å². The largest absolute Gasteiger partial charge is 0.327 e. The number of ether oxygens (including phenoxy) is 3. The first-order valence-corrected chi connectivity index (χ1v) is 9.79.